The first kappa shape index (κ1) is 27.8. The van der Waals surface area contributed by atoms with E-state index in [-0.39, 0.29) is 12.3 Å². The maximum atomic E-state index is 12.8. The molecule has 0 saturated heterocycles. The first-order valence-corrected chi connectivity index (χ1v) is 11.5. The SMILES string of the molecule is CC(C)CC(N)C(=O)NC(C)C(=O)NC(C(=O)NC(Cc1c[nH]c2ccccc12)C(=O)O)C(C)O. The lowest BCUT2D eigenvalue weighted by atomic mass is 10.0. The zero-order valence-corrected chi connectivity index (χ0v) is 20.4. The Morgan fingerprint density at radius 3 is 2.23 bits per heavy atom. The molecule has 1 aromatic heterocycles. The third-order valence-electron chi connectivity index (χ3n) is 5.59. The van der Waals surface area contributed by atoms with Crippen LogP contribution in [0.25, 0.3) is 10.9 Å². The predicted octanol–water partition coefficient (Wildman–Crippen LogP) is 0.0235. The van der Waals surface area contributed by atoms with Crippen LogP contribution in [0.4, 0.5) is 0 Å². The number of hydrogen-bond acceptors (Lipinski definition) is 6. The van der Waals surface area contributed by atoms with Gasteiger partial charge in [0.05, 0.1) is 12.1 Å². The molecule has 1 heterocycles. The van der Waals surface area contributed by atoms with Crippen molar-refractivity contribution >= 4 is 34.6 Å². The van der Waals surface area contributed by atoms with Gasteiger partial charge in [0.2, 0.25) is 17.7 Å². The largest absolute Gasteiger partial charge is 0.480 e. The van der Waals surface area contributed by atoms with Crippen molar-refractivity contribution in [2.45, 2.75) is 70.8 Å². The van der Waals surface area contributed by atoms with Crippen LogP contribution in [0.15, 0.2) is 30.5 Å². The van der Waals surface area contributed by atoms with Gasteiger partial charge in [0, 0.05) is 23.5 Å². The number of aliphatic hydroxyl groups is 1. The lowest BCUT2D eigenvalue weighted by molar-refractivity contribution is -0.143. The Balaban J connectivity index is 2.05. The number of para-hydroxylation sites is 1. The Morgan fingerprint density at radius 1 is 0.971 bits per heavy atom. The minimum Gasteiger partial charge on any atom is -0.480 e. The Kier molecular flexibility index (Phi) is 9.78. The lowest BCUT2D eigenvalue weighted by Crippen LogP contribution is -2.59. The molecule has 5 atom stereocenters. The molecule has 11 nitrogen and oxygen atoms in total. The van der Waals surface area contributed by atoms with Gasteiger partial charge in [0.15, 0.2) is 0 Å². The van der Waals surface area contributed by atoms with Gasteiger partial charge in [-0.15, -0.1) is 0 Å². The fraction of sp³-hybridized carbons (Fsp3) is 0.500. The van der Waals surface area contributed by atoms with Crippen LogP contribution < -0.4 is 21.7 Å². The van der Waals surface area contributed by atoms with Crippen LogP contribution in [0.3, 0.4) is 0 Å². The van der Waals surface area contributed by atoms with Crippen LogP contribution in [-0.2, 0) is 25.6 Å². The smallest absolute Gasteiger partial charge is 0.326 e. The van der Waals surface area contributed by atoms with Crippen molar-refractivity contribution in [2.24, 2.45) is 11.7 Å². The number of aliphatic carboxylic acids is 1. The van der Waals surface area contributed by atoms with E-state index in [1.165, 1.54) is 13.8 Å². The Labute approximate surface area is 203 Å². The topological polar surface area (TPSA) is 187 Å². The van der Waals surface area contributed by atoms with Crippen LogP contribution >= 0.6 is 0 Å². The molecule has 5 unspecified atom stereocenters. The second-order valence-electron chi connectivity index (χ2n) is 9.16. The predicted molar refractivity (Wildman–Crippen MR) is 130 cm³/mol. The third kappa shape index (κ3) is 7.79. The van der Waals surface area contributed by atoms with E-state index in [1.807, 2.05) is 38.1 Å². The van der Waals surface area contributed by atoms with Crippen LogP contribution in [0.2, 0.25) is 0 Å². The Bertz CT molecular complexity index is 1050. The zero-order chi connectivity index (χ0) is 26.3. The van der Waals surface area contributed by atoms with Gasteiger partial charge in [-0.2, -0.15) is 0 Å². The quantitative estimate of drug-likeness (QED) is 0.219. The molecule has 11 heteroatoms. The number of nitrogens with two attached hydrogens (primary N) is 1. The summed E-state index contributed by atoms with van der Waals surface area (Å²) in [5.74, 6) is -3.17. The van der Waals surface area contributed by atoms with Crippen molar-refractivity contribution in [3.63, 3.8) is 0 Å². The van der Waals surface area contributed by atoms with Crippen molar-refractivity contribution in [3.8, 4) is 0 Å². The second kappa shape index (κ2) is 12.3. The molecule has 0 saturated carbocycles. The number of carbonyl (C=O) groups is 4. The fourth-order valence-corrected chi connectivity index (χ4v) is 3.67. The van der Waals surface area contributed by atoms with Crippen LogP contribution in [0.5, 0.6) is 0 Å². The number of amides is 3. The highest BCUT2D eigenvalue weighted by atomic mass is 16.4. The van der Waals surface area contributed by atoms with E-state index in [1.54, 1.807) is 6.20 Å². The molecule has 35 heavy (non-hydrogen) atoms. The highest BCUT2D eigenvalue weighted by Crippen LogP contribution is 2.19. The van der Waals surface area contributed by atoms with E-state index in [9.17, 15) is 29.4 Å². The lowest BCUT2D eigenvalue weighted by Gasteiger charge is -2.25. The average Bonchev–Trinajstić information content (AvgIpc) is 3.18. The van der Waals surface area contributed by atoms with Gasteiger partial charge in [-0.25, -0.2) is 4.79 Å². The summed E-state index contributed by atoms with van der Waals surface area (Å²) in [5, 5.41) is 27.8. The summed E-state index contributed by atoms with van der Waals surface area (Å²) in [6, 6.07) is 2.80. The average molecular weight is 490 g/mol. The van der Waals surface area contributed by atoms with E-state index in [2.05, 4.69) is 20.9 Å². The number of benzene rings is 1. The number of fused-ring (bicyclic) bond motifs is 1. The number of aliphatic hydroxyl groups excluding tert-OH is 1. The number of H-pyrrole nitrogens is 1. The van der Waals surface area contributed by atoms with Gasteiger partial charge < -0.3 is 36.9 Å². The Morgan fingerprint density at radius 2 is 1.63 bits per heavy atom. The number of hydrogen-bond donors (Lipinski definition) is 7. The number of nitrogens with one attached hydrogen (secondary N) is 4. The summed E-state index contributed by atoms with van der Waals surface area (Å²) in [6.07, 6.45) is 0.778. The van der Waals surface area contributed by atoms with E-state index in [4.69, 9.17) is 5.73 Å². The normalized spacial score (nSPS) is 15.6. The monoisotopic (exact) mass is 489 g/mol. The molecule has 2 rings (SSSR count). The van der Waals surface area contributed by atoms with E-state index >= 15 is 0 Å². The summed E-state index contributed by atoms with van der Waals surface area (Å²) >= 11 is 0. The van der Waals surface area contributed by atoms with Crippen molar-refractivity contribution in [1.29, 1.82) is 0 Å². The number of carbonyl (C=O) groups excluding carboxylic acids is 3. The van der Waals surface area contributed by atoms with Crippen molar-refractivity contribution in [1.82, 2.24) is 20.9 Å². The highest BCUT2D eigenvalue weighted by Gasteiger charge is 2.32. The number of aromatic nitrogens is 1. The second-order valence-corrected chi connectivity index (χ2v) is 9.16. The van der Waals surface area contributed by atoms with Gasteiger partial charge in [0.25, 0.3) is 0 Å². The van der Waals surface area contributed by atoms with E-state index < -0.39 is 54.0 Å². The first-order valence-electron chi connectivity index (χ1n) is 11.5. The molecule has 3 amide bonds. The summed E-state index contributed by atoms with van der Waals surface area (Å²) in [5.41, 5.74) is 7.36. The summed E-state index contributed by atoms with van der Waals surface area (Å²) in [7, 11) is 0. The third-order valence-corrected chi connectivity index (χ3v) is 5.59. The van der Waals surface area contributed by atoms with Crippen LogP contribution in [-0.4, -0.2) is 69.2 Å². The number of rotatable bonds is 12. The van der Waals surface area contributed by atoms with Crippen molar-refractivity contribution < 1.29 is 29.4 Å². The molecule has 0 aliphatic rings. The molecule has 0 fully saturated rings. The minimum absolute atomic E-state index is 0.00817. The first-order chi connectivity index (χ1) is 16.4. The summed E-state index contributed by atoms with van der Waals surface area (Å²) in [6.45, 7) is 6.54. The van der Waals surface area contributed by atoms with Gasteiger partial charge in [0.1, 0.15) is 18.1 Å². The van der Waals surface area contributed by atoms with Crippen molar-refractivity contribution in [2.75, 3.05) is 0 Å². The van der Waals surface area contributed by atoms with E-state index in [0.29, 0.717) is 12.0 Å². The van der Waals surface area contributed by atoms with E-state index in [0.717, 1.165) is 10.9 Å². The Hall–Kier alpha value is -3.44. The highest BCUT2D eigenvalue weighted by molar-refractivity contribution is 5.94. The number of carboxylic acids is 1. The summed E-state index contributed by atoms with van der Waals surface area (Å²) < 4.78 is 0. The zero-order valence-electron chi connectivity index (χ0n) is 20.4. The molecule has 0 aliphatic carbocycles. The van der Waals surface area contributed by atoms with Gasteiger partial charge >= 0.3 is 5.97 Å². The van der Waals surface area contributed by atoms with Gasteiger partial charge in [-0.1, -0.05) is 32.0 Å². The summed E-state index contributed by atoms with van der Waals surface area (Å²) in [4.78, 5) is 52.5. The number of aromatic amines is 1. The molecule has 0 spiro atoms. The van der Waals surface area contributed by atoms with Gasteiger partial charge in [-0.05, 0) is 37.8 Å². The molecular formula is C24H35N5O6. The molecule has 0 aliphatic heterocycles. The molecule has 8 N–H and O–H groups in total. The molecule has 0 bridgehead atoms. The molecule has 192 valence electrons. The maximum Gasteiger partial charge on any atom is 0.326 e. The van der Waals surface area contributed by atoms with Crippen LogP contribution in [0, 0.1) is 5.92 Å². The molecule has 2 aromatic rings. The molecular weight excluding hydrogens is 454 g/mol. The fourth-order valence-electron chi connectivity index (χ4n) is 3.67. The molecule has 0 radical (unpaired) electrons. The van der Waals surface area contributed by atoms with Gasteiger partial charge in [-0.3, -0.25) is 14.4 Å². The van der Waals surface area contributed by atoms with Crippen LogP contribution in [0.1, 0.15) is 39.7 Å². The van der Waals surface area contributed by atoms with Crippen molar-refractivity contribution in [3.05, 3.63) is 36.0 Å². The standard InChI is InChI=1S/C24H35N5O6/c1-12(2)9-17(25)22(32)27-13(3)21(31)29-20(14(4)30)23(33)28-19(24(34)35)10-15-11-26-18-8-6-5-7-16(15)18/h5-8,11-14,17,19-20,26,30H,9-10,25H2,1-4H3,(H,27,32)(H,28,33)(H,29,31)(H,34,35). The maximum absolute atomic E-state index is 12.8. The number of carboxylic acid groups (broad SMARTS) is 1. The minimum atomic E-state index is -1.43. The molecule has 1 aromatic carbocycles.